The lowest BCUT2D eigenvalue weighted by atomic mass is 10.1. The second-order valence-electron chi connectivity index (χ2n) is 6.32. The molecule has 0 unspecified atom stereocenters. The van der Waals surface area contributed by atoms with Gasteiger partial charge in [-0.1, -0.05) is 42.8 Å². The summed E-state index contributed by atoms with van der Waals surface area (Å²) in [4.78, 5) is 7.76. The Morgan fingerprint density at radius 2 is 2.00 bits per heavy atom. The Morgan fingerprint density at radius 3 is 2.81 bits per heavy atom. The number of pyridine rings is 1. The molecule has 138 valence electrons. The highest BCUT2D eigenvalue weighted by molar-refractivity contribution is 7.13. The number of thiophene rings is 1. The minimum atomic E-state index is 0.541. The number of nitrogens with zero attached hydrogens (tertiary/aromatic N) is 4. The van der Waals surface area contributed by atoms with Crippen molar-refractivity contribution in [1.29, 1.82) is 0 Å². The van der Waals surface area contributed by atoms with Crippen LogP contribution in [0.3, 0.4) is 0 Å². The van der Waals surface area contributed by atoms with E-state index in [0.29, 0.717) is 30.0 Å². The fourth-order valence-electron chi connectivity index (χ4n) is 3.03. The maximum Gasteiger partial charge on any atom is 0.257 e. The first-order valence-electron chi connectivity index (χ1n) is 8.85. The van der Waals surface area contributed by atoms with Crippen molar-refractivity contribution in [1.82, 2.24) is 20.1 Å². The quantitative estimate of drug-likeness (QED) is 0.389. The van der Waals surface area contributed by atoms with Gasteiger partial charge in [0.1, 0.15) is 5.15 Å². The molecule has 0 spiro atoms. The number of hydrogen-bond donors (Lipinski definition) is 0. The molecule has 0 radical (unpaired) electrons. The van der Waals surface area contributed by atoms with E-state index in [1.165, 1.54) is 0 Å². The molecule has 7 heteroatoms. The second kappa shape index (κ2) is 8.17. The number of hydrogen-bond acceptors (Lipinski definition) is 6. The molecule has 4 aromatic rings. The molecule has 3 heterocycles. The van der Waals surface area contributed by atoms with Crippen LogP contribution in [-0.2, 0) is 13.1 Å². The van der Waals surface area contributed by atoms with E-state index >= 15 is 0 Å². The van der Waals surface area contributed by atoms with Gasteiger partial charge in [0.25, 0.3) is 5.89 Å². The predicted octanol–water partition coefficient (Wildman–Crippen LogP) is 5.41. The first kappa shape index (κ1) is 18.1. The molecule has 0 bridgehead atoms. The number of rotatable bonds is 7. The van der Waals surface area contributed by atoms with Gasteiger partial charge in [0.15, 0.2) is 0 Å². The number of fused-ring (bicyclic) bond motifs is 1. The molecule has 1 aromatic carbocycles. The summed E-state index contributed by atoms with van der Waals surface area (Å²) in [6, 6.07) is 14.1. The SMILES string of the molecule is CCCN(Cc1nnc(-c2cccs2)o1)Cc1cc2ccccc2nc1Cl. The van der Waals surface area contributed by atoms with Crippen LogP contribution in [0.2, 0.25) is 5.15 Å². The summed E-state index contributed by atoms with van der Waals surface area (Å²) in [5.41, 5.74) is 1.91. The Bertz CT molecular complexity index is 1030. The van der Waals surface area contributed by atoms with Gasteiger partial charge in [0, 0.05) is 17.5 Å². The summed E-state index contributed by atoms with van der Waals surface area (Å²) in [5, 5.41) is 12.0. The molecular weight excluding hydrogens is 380 g/mol. The van der Waals surface area contributed by atoms with Crippen LogP contribution in [0.4, 0.5) is 0 Å². The number of halogens is 1. The molecule has 5 nitrogen and oxygen atoms in total. The molecule has 4 rings (SSSR count). The van der Waals surface area contributed by atoms with Crippen molar-refractivity contribution in [3.8, 4) is 10.8 Å². The summed E-state index contributed by atoms with van der Waals surface area (Å²) < 4.78 is 5.84. The van der Waals surface area contributed by atoms with Crippen LogP contribution in [-0.4, -0.2) is 26.6 Å². The molecule has 0 atom stereocenters. The van der Waals surface area contributed by atoms with Crippen molar-refractivity contribution in [2.75, 3.05) is 6.54 Å². The van der Waals surface area contributed by atoms with E-state index in [4.69, 9.17) is 16.0 Å². The van der Waals surface area contributed by atoms with Crippen molar-refractivity contribution in [2.45, 2.75) is 26.4 Å². The fraction of sp³-hybridized carbons (Fsp3) is 0.250. The van der Waals surface area contributed by atoms with E-state index in [2.05, 4.69) is 39.1 Å². The minimum absolute atomic E-state index is 0.541. The Hall–Kier alpha value is -2.28. The van der Waals surface area contributed by atoms with Gasteiger partial charge in [-0.05, 0) is 36.5 Å². The third kappa shape index (κ3) is 4.18. The molecule has 0 fully saturated rings. The lowest BCUT2D eigenvalue weighted by Crippen LogP contribution is -2.24. The van der Waals surface area contributed by atoms with Gasteiger partial charge < -0.3 is 4.42 Å². The first-order chi connectivity index (χ1) is 13.2. The van der Waals surface area contributed by atoms with Crippen LogP contribution < -0.4 is 0 Å². The van der Waals surface area contributed by atoms with Crippen LogP contribution in [0, 0.1) is 0 Å². The zero-order chi connectivity index (χ0) is 18.6. The van der Waals surface area contributed by atoms with E-state index < -0.39 is 0 Å². The monoisotopic (exact) mass is 398 g/mol. The number of aromatic nitrogens is 3. The lowest BCUT2D eigenvalue weighted by molar-refractivity contribution is 0.232. The van der Waals surface area contributed by atoms with Crippen molar-refractivity contribution < 1.29 is 4.42 Å². The second-order valence-corrected chi connectivity index (χ2v) is 7.63. The summed E-state index contributed by atoms with van der Waals surface area (Å²) in [7, 11) is 0. The van der Waals surface area contributed by atoms with E-state index in [1.807, 2.05) is 35.7 Å². The number of benzene rings is 1. The molecule has 27 heavy (non-hydrogen) atoms. The fourth-order valence-corrected chi connectivity index (χ4v) is 3.88. The van der Waals surface area contributed by atoms with Crippen molar-refractivity contribution in [2.24, 2.45) is 0 Å². The standard InChI is InChI=1S/C20H19ClN4OS/c1-2-9-25(13-18-23-24-20(26-18)17-8-5-10-27-17)12-15-11-14-6-3-4-7-16(14)22-19(15)21/h3-8,10-11H,2,9,12-13H2,1H3. The summed E-state index contributed by atoms with van der Waals surface area (Å²) >= 11 is 8.02. The molecule has 0 aliphatic carbocycles. The Labute approximate surface area is 166 Å². The predicted molar refractivity (Wildman–Crippen MR) is 109 cm³/mol. The molecule has 0 N–H and O–H groups in total. The molecule has 0 amide bonds. The Kier molecular flexibility index (Phi) is 5.48. The van der Waals surface area contributed by atoms with E-state index in [0.717, 1.165) is 34.3 Å². The van der Waals surface area contributed by atoms with Gasteiger partial charge in [-0.25, -0.2) is 4.98 Å². The minimum Gasteiger partial charge on any atom is -0.419 e. The topological polar surface area (TPSA) is 55.1 Å². The first-order valence-corrected chi connectivity index (χ1v) is 10.1. The Morgan fingerprint density at radius 1 is 1.11 bits per heavy atom. The average molecular weight is 399 g/mol. The van der Waals surface area contributed by atoms with Crippen LogP contribution in [0.1, 0.15) is 24.8 Å². The normalized spacial score (nSPS) is 11.5. The molecule has 0 saturated carbocycles. The van der Waals surface area contributed by atoms with E-state index in [1.54, 1.807) is 11.3 Å². The molecule has 0 aliphatic rings. The third-order valence-electron chi connectivity index (χ3n) is 4.24. The van der Waals surface area contributed by atoms with Gasteiger partial charge in [-0.3, -0.25) is 4.90 Å². The van der Waals surface area contributed by atoms with E-state index in [9.17, 15) is 0 Å². The van der Waals surface area contributed by atoms with Crippen molar-refractivity contribution in [3.05, 3.63) is 64.5 Å². The zero-order valence-electron chi connectivity index (χ0n) is 14.9. The maximum atomic E-state index is 6.43. The highest BCUT2D eigenvalue weighted by Crippen LogP contribution is 2.25. The molecular formula is C20H19ClN4OS. The van der Waals surface area contributed by atoms with Crippen LogP contribution in [0.15, 0.2) is 52.3 Å². The Balaban J connectivity index is 1.54. The average Bonchev–Trinajstić information content (AvgIpc) is 3.34. The van der Waals surface area contributed by atoms with Crippen LogP contribution >= 0.6 is 22.9 Å². The highest BCUT2D eigenvalue weighted by Gasteiger charge is 2.15. The molecule has 3 aromatic heterocycles. The van der Waals surface area contributed by atoms with E-state index in [-0.39, 0.29) is 0 Å². The van der Waals surface area contributed by atoms with Crippen molar-refractivity contribution >= 4 is 33.8 Å². The van der Waals surface area contributed by atoms with Gasteiger partial charge in [-0.2, -0.15) is 0 Å². The third-order valence-corrected chi connectivity index (χ3v) is 5.43. The summed E-state index contributed by atoms with van der Waals surface area (Å²) in [6.45, 7) is 4.31. The lowest BCUT2D eigenvalue weighted by Gasteiger charge is -2.20. The van der Waals surface area contributed by atoms with Gasteiger partial charge in [-0.15, -0.1) is 21.5 Å². The van der Waals surface area contributed by atoms with Gasteiger partial charge in [0.05, 0.1) is 16.9 Å². The van der Waals surface area contributed by atoms with Crippen LogP contribution in [0.5, 0.6) is 0 Å². The summed E-state index contributed by atoms with van der Waals surface area (Å²) in [5.74, 6) is 1.18. The molecule has 0 aliphatic heterocycles. The highest BCUT2D eigenvalue weighted by atomic mass is 35.5. The maximum absolute atomic E-state index is 6.43. The summed E-state index contributed by atoms with van der Waals surface area (Å²) in [6.07, 6.45) is 1.02. The zero-order valence-corrected chi connectivity index (χ0v) is 16.5. The molecule has 0 saturated heterocycles. The smallest absolute Gasteiger partial charge is 0.257 e. The van der Waals surface area contributed by atoms with Crippen LogP contribution in [0.25, 0.3) is 21.7 Å². The van der Waals surface area contributed by atoms with Gasteiger partial charge in [0.2, 0.25) is 5.89 Å². The number of para-hydroxylation sites is 1. The largest absolute Gasteiger partial charge is 0.419 e. The van der Waals surface area contributed by atoms with Gasteiger partial charge >= 0.3 is 0 Å². The van der Waals surface area contributed by atoms with Crippen molar-refractivity contribution in [3.63, 3.8) is 0 Å².